The quantitative estimate of drug-likeness (QED) is 0.798. The number of nitrogens with zero attached hydrogens (tertiary/aromatic N) is 3. The molecular formula is C20H19ClFN3O3. The standard InChI is InChI=1S/C20H19ClFN3O3/c21-14-11-13(5-6-15(14)22)25-19(27)12-17(20(25)28)24-9-7-23(8-10-24)16-3-1-2-4-18(16)26/h1-6,11,17,26H,7-10,12H2. The van der Waals surface area contributed by atoms with Gasteiger partial charge < -0.3 is 10.0 Å². The summed E-state index contributed by atoms with van der Waals surface area (Å²) in [6, 6.07) is 10.4. The first-order valence-electron chi connectivity index (χ1n) is 9.04. The second kappa shape index (κ2) is 7.41. The highest BCUT2D eigenvalue weighted by Gasteiger charge is 2.43. The summed E-state index contributed by atoms with van der Waals surface area (Å²) in [6.45, 7) is 2.46. The smallest absolute Gasteiger partial charge is 0.251 e. The number of halogens is 2. The van der Waals surface area contributed by atoms with Crippen molar-refractivity contribution in [3.8, 4) is 5.75 Å². The largest absolute Gasteiger partial charge is 0.506 e. The van der Waals surface area contributed by atoms with Gasteiger partial charge in [0, 0.05) is 26.2 Å². The fourth-order valence-electron chi connectivity index (χ4n) is 3.80. The van der Waals surface area contributed by atoms with Gasteiger partial charge in [0.05, 0.1) is 28.9 Å². The van der Waals surface area contributed by atoms with Crippen molar-refractivity contribution in [1.29, 1.82) is 0 Å². The number of imide groups is 1. The van der Waals surface area contributed by atoms with Crippen LogP contribution in [0.2, 0.25) is 5.02 Å². The van der Waals surface area contributed by atoms with Crippen molar-refractivity contribution >= 4 is 34.8 Å². The first kappa shape index (κ1) is 18.7. The van der Waals surface area contributed by atoms with Crippen LogP contribution in [0.15, 0.2) is 42.5 Å². The van der Waals surface area contributed by atoms with Crippen LogP contribution in [0.5, 0.6) is 5.75 Å². The van der Waals surface area contributed by atoms with Crippen molar-refractivity contribution < 1.29 is 19.1 Å². The van der Waals surface area contributed by atoms with E-state index in [1.807, 2.05) is 17.0 Å². The van der Waals surface area contributed by atoms with Crippen LogP contribution in [0.4, 0.5) is 15.8 Å². The average Bonchev–Trinajstić information content (AvgIpc) is 2.99. The Morgan fingerprint density at radius 1 is 1.04 bits per heavy atom. The number of para-hydroxylation sites is 2. The molecule has 0 aromatic heterocycles. The van der Waals surface area contributed by atoms with E-state index >= 15 is 0 Å². The molecule has 2 heterocycles. The second-order valence-corrected chi connectivity index (χ2v) is 7.30. The van der Waals surface area contributed by atoms with Crippen LogP contribution in [0.1, 0.15) is 6.42 Å². The molecule has 6 nitrogen and oxygen atoms in total. The van der Waals surface area contributed by atoms with Gasteiger partial charge in [-0.25, -0.2) is 9.29 Å². The third-order valence-corrected chi connectivity index (χ3v) is 5.55. The van der Waals surface area contributed by atoms with Crippen LogP contribution in [0.25, 0.3) is 0 Å². The van der Waals surface area contributed by atoms with Crippen molar-refractivity contribution in [2.45, 2.75) is 12.5 Å². The molecule has 1 atom stereocenters. The van der Waals surface area contributed by atoms with Gasteiger partial charge in [-0.15, -0.1) is 0 Å². The summed E-state index contributed by atoms with van der Waals surface area (Å²) in [5.74, 6) is -1.01. The number of piperazine rings is 1. The number of carbonyl (C=O) groups excluding carboxylic acids is 2. The van der Waals surface area contributed by atoms with Crippen molar-refractivity contribution in [3.63, 3.8) is 0 Å². The number of rotatable bonds is 3. The van der Waals surface area contributed by atoms with E-state index in [1.165, 1.54) is 12.1 Å². The predicted octanol–water partition coefficient (Wildman–Crippen LogP) is 2.64. The number of hydrogen-bond donors (Lipinski definition) is 1. The van der Waals surface area contributed by atoms with E-state index in [2.05, 4.69) is 4.90 Å². The molecule has 2 aliphatic heterocycles. The molecule has 28 heavy (non-hydrogen) atoms. The zero-order valence-corrected chi connectivity index (χ0v) is 15.8. The molecule has 0 saturated carbocycles. The highest BCUT2D eigenvalue weighted by molar-refractivity contribution is 6.31. The Morgan fingerprint density at radius 3 is 2.43 bits per heavy atom. The Bertz CT molecular complexity index is 931. The van der Waals surface area contributed by atoms with Gasteiger partial charge in [0.15, 0.2) is 0 Å². The highest BCUT2D eigenvalue weighted by Crippen LogP contribution is 2.31. The first-order chi connectivity index (χ1) is 13.5. The summed E-state index contributed by atoms with van der Waals surface area (Å²) >= 11 is 5.80. The minimum atomic E-state index is -0.596. The SMILES string of the molecule is O=C1CC(N2CCN(c3ccccc3O)CC2)C(=O)N1c1ccc(F)c(Cl)c1. The van der Waals surface area contributed by atoms with Crippen LogP contribution >= 0.6 is 11.6 Å². The molecular weight excluding hydrogens is 385 g/mol. The lowest BCUT2D eigenvalue weighted by Crippen LogP contribution is -2.52. The number of phenolic OH excluding ortho intramolecular Hbond substituents is 1. The molecule has 0 aliphatic carbocycles. The molecule has 2 aliphatic rings. The molecule has 146 valence electrons. The topological polar surface area (TPSA) is 64.1 Å². The minimum absolute atomic E-state index is 0.0877. The van der Waals surface area contributed by atoms with Crippen molar-refractivity contribution in [2.24, 2.45) is 0 Å². The lowest BCUT2D eigenvalue weighted by atomic mass is 10.1. The highest BCUT2D eigenvalue weighted by atomic mass is 35.5. The van der Waals surface area contributed by atoms with Gasteiger partial charge in [-0.05, 0) is 30.3 Å². The van der Waals surface area contributed by atoms with Gasteiger partial charge in [0.2, 0.25) is 5.91 Å². The molecule has 2 fully saturated rings. The van der Waals surface area contributed by atoms with E-state index in [1.54, 1.807) is 12.1 Å². The molecule has 0 bridgehead atoms. The van der Waals surface area contributed by atoms with Crippen LogP contribution in [0, 0.1) is 5.82 Å². The Kier molecular flexibility index (Phi) is 4.95. The van der Waals surface area contributed by atoms with Gasteiger partial charge in [0.1, 0.15) is 11.6 Å². The van der Waals surface area contributed by atoms with E-state index < -0.39 is 11.9 Å². The molecule has 0 radical (unpaired) electrons. The van der Waals surface area contributed by atoms with Crippen LogP contribution in [-0.4, -0.2) is 54.0 Å². The predicted molar refractivity (Wildman–Crippen MR) is 104 cm³/mol. The minimum Gasteiger partial charge on any atom is -0.506 e. The van der Waals surface area contributed by atoms with E-state index in [4.69, 9.17) is 11.6 Å². The summed E-state index contributed by atoms with van der Waals surface area (Å²) in [5, 5.41) is 9.89. The molecule has 1 N–H and O–H groups in total. The summed E-state index contributed by atoms with van der Waals surface area (Å²) in [7, 11) is 0. The third-order valence-electron chi connectivity index (χ3n) is 5.26. The van der Waals surface area contributed by atoms with Crippen molar-refractivity contribution in [1.82, 2.24) is 4.90 Å². The number of anilines is 2. The maximum atomic E-state index is 13.4. The van der Waals surface area contributed by atoms with E-state index in [0.717, 1.165) is 16.7 Å². The third kappa shape index (κ3) is 3.31. The zero-order chi connectivity index (χ0) is 19.8. The second-order valence-electron chi connectivity index (χ2n) is 6.90. The molecule has 2 amide bonds. The summed E-state index contributed by atoms with van der Waals surface area (Å²) in [6.07, 6.45) is 0.0877. The van der Waals surface area contributed by atoms with Crippen LogP contribution < -0.4 is 9.80 Å². The molecule has 1 unspecified atom stereocenters. The molecule has 2 aromatic carbocycles. The Morgan fingerprint density at radius 2 is 1.75 bits per heavy atom. The van der Waals surface area contributed by atoms with Gasteiger partial charge in [-0.2, -0.15) is 0 Å². The lowest BCUT2D eigenvalue weighted by Gasteiger charge is -2.38. The Hall–Kier alpha value is -2.64. The Balaban J connectivity index is 1.46. The van der Waals surface area contributed by atoms with E-state index in [0.29, 0.717) is 26.2 Å². The van der Waals surface area contributed by atoms with Gasteiger partial charge in [0.25, 0.3) is 5.91 Å². The summed E-state index contributed by atoms with van der Waals surface area (Å²) < 4.78 is 13.4. The molecule has 8 heteroatoms. The number of amides is 2. The lowest BCUT2D eigenvalue weighted by molar-refractivity contribution is -0.123. The molecule has 2 saturated heterocycles. The van der Waals surface area contributed by atoms with Crippen LogP contribution in [-0.2, 0) is 9.59 Å². The number of aromatic hydroxyl groups is 1. The van der Waals surface area contributed by atoms with Gasteiger partial charge >= 0.3 is 0 Å². The first-order valence-corrected chi connectivity index (χ1v) is 9.42. The van der Waals surface area contributed by atoms with Gasteiger partial charge in [-0.3, -0.25) is 14.5 Å². The van der Waals surface area contributed by atoms with Crippen molar-refractivity contribution in [2.75, 3.05) is 36.0 Å². The zero-order valence-electron chi connectivity index (χ0n) is 15.0. The molecule has 2 aromatic rings. The maximum absolute atomic E-state index is 13.4. The fraction of sp³-hybridized carbons (Fsp3) is 0.300. The van der Waals surface area contributed by atoms with Gasteiger partial charge in [-0.1, -0.05) is 23.7 Å². The van der Waals surface area contributed by atoms with E-state index in [-0.39, 0.29) is 34.7 Å². The normalized spacial score (nSPS) is 20.9. The maximum Gasteiger partial charge on any atom is 0.251 e. The van der Waals surface area contributed by atoms with Crippen molar-refractivity contribution in [3.05, 3.63) is 53.3 Å². The summed E-state index contributed by atoms with van der Waals surface area (Å²) in [4.78, 5) is 30.5. The monoisotopic (exact) mass is 403 g/mol. The fourth-order valence-corrected chi connectivity index (χ4v) is 3.98. The number of carbonyl (C=O) groups is 2. The van der Waals surface area contributed by atoms with Crippen LogP contribution in [0.3, 0.4) is 0 Å². The molecule has 0 spiro atoms. The van der Waals surface area contributed by atoms with E-state index in [9.17, 15) is 19.1 Å². The number of benzene rings is 2. The number of hydrogen-bond acceptors (Lipinski definition) is 5. The number of phenols is 1. The molecule has 4 rings (SSSR count). The summed E-state index contributed by atoms with van der Waals surface area (Å²) in [5.41, 5.74) is 1.05. The Labute approximate surface area is 166 Å². The average molecular weight is 404 g/mol.